The molecule has 0 unspecified atom stereocenters. The normalized spacial score (nSPS) is 10.9. The van der Waals surface area contributed by atoms with Crippen LogP contribution in [0.25, 0.3) is 0 Å². The first-order valence-corrected chi connectivity index (χ1v) is 5.16. The average molecular weight is 240 g/mol. The molecule has 0 fully saturated rings. The molecule has 0 aromatic heterocycles. The van der Waals surface area contributed by atoms with Gasteiger partial charge in [0.2, 0.25) is 0 Å². The second-order valence-corrected chi connectivity index (χ2v) is 3.78. The fourth-order valence-electron chi connectivity index (χ4n) is 1.08. The average Bonchev–Trinajstić information content (AvgIpc) is 2.13. The molecule has 1 aromatic carbocycles. The fourth-order valence-corrected chi connectivity index (χ4v) is 1.53. The molecular weight excluding hydrogens is 226 g/mol. The third kappa shape index (κ3) is 4.25. The highest BCUT2D eigenvalue weighted by Gasteiger charge is 1.89. The van der Waals surface area contributed by atoms with E-state index in [1.54, 1.807) is 0 Å². The molecule has 0 spiro atoms. The second kappa shape index (κ2) is 5.95. The molecule has 0 saturated heterocycles. The summed E-state index contributed by atoms with van der Waals surface area (Å²) in [6.07, 6.45) is 5.32. The Labute approximate surface area is 88.0 Å². The van der Waals surface area contributed by atoms with Gasteiger partial charge in [-0.3, -0.25) is 0 Å². The Morgan fingerprint density at radius 2 is 2.23 bits per heavy atom. The van der Waals surface area contributed by atoms with Gasteiger partial charge in [0, 0.05) is 11.0 Å². The van der Waals surface area contributed by atoms with E-state index in [0.29, 0.717) is 0 Å². The van der Waals surface area contributed by atoms with Crippen LogP contribution in [0, 0.1) is 0 Å². The lowest BCUT2D eigenvalue weighted by atomic mass is 10.1. The first-order chi connectivity index (χ1) is 6.33. The summed E-state index contributed by atoms with van der Waals surface area (Å²) < 4.78 is 1.15. The van der Waals surface area contributed by atoms with Crippen LogP contribution in [0.2, 0.25) is 0 Å². The van der Waals surface area contributed by atoms with Gasteiger partial charge >= 0.3 is 0 Å². The first-order valence-electron chi connectivity index (χ1n) is 4.37. The van der Waals surface area contributed by atoms with Gasteiger partial charge in [-0.25, -0.2) is 0 Å². The zero-order chi connectivity index (χ0) is 9.52. The number of rotatable bonds is 4. The smallest absolute Gasteiger partial charge is 0.0178 e. The van der Waals surface area contributed by atoms with Crippen LogP contribution < -0.4 is 5.32 Å². The van der Waals surface area contributed by atoms with Crippen LogP contribution in [-0.4, -0.2) is 13.6 Å². The Balaban J connectivity index is 2.45. The van der Waals surface area contributed by atoms with E-state index in [4.69, 9.17) is 0 Å². The standard InChI is InChI=1S/C11H14BrN/c1-13-8-3-2-5-10-6-4-7-11(12)9-10/h2-4,6-7,9,13H,5,8H2,1H3/b3-2-. The van der Waals surface area contributed by atoms with Crippen molar-refractivity contribution >= 4 is 15.9 Å². The van der Waals surface area contributed by atoms with Gasteiger partial charge in [0.15, 0.2) is 0 Å². The summed E-state index contributed by atoms with van der Waals surface area (Å²) in [6, 6.07) is 8.38. The number of hydrogen-bond acceptors (Lipinski definition) is 1. The van der Waals surface area contributed by atoms with Gasteiger partial charge in [0.25, 0.3) is 0 Å². The molecule has 0 bridgehead atoms. The van der Waals surface area contributed by atoms with Crippen LogP contribution in [0.5, 0.6) is 0 Å². The molecule has 0 aliphatic carbocycles. The second-order valence-electron chi connectivity index (χ2n) is 2.86. The molecule has 1 nitrogen and oxygen atoms in total. The van der Waals surface area contributed by atoms with Crippen molar-refractivity contribution in [3.05, 3.63) is 46.5 Å². The Kier molecular flexibility index (Phi) is 4.79. The molecule has 1 N–H and O–H groups in total. The van der Waals surface area contributed by atoms with Crippen LogP contribution >= 0.6 is 15.9 Å². The third-order valence-corrected chi connectivity index (χ3v) is 2.22. The molecule has 0 atom stereocenters. The SMILES string of the molecule is CNC/C=C\Cc1cccc(Br)c1. The largest absolute Gasteiger partial charge is 0.316 e. The summed E-state index contributed by atoms with van der Waals surface area (Å²) in [5, 5.41) is 3.07. The molecule has 70 valence electrons. The fraction of sp³-hybridized carbons (Fsp3) is 0.273. The number of hydrogen-bond donors (Lipinski definition) is 1. The minimum absolute atomic E-state index is 0.938. The topological polar surface area (TPSA) is 12.0 Å². The first kappa shape index (κ1) is 10.5. The third-order valence-electron chi connectivity index (χ3n) is 1.73. The predicted molar refractivity (Wildman–Crippen MR) is 60.9 cm³/mol. The highest BCUT2D eigenvalue weighted by atomic mass is 79.9. The van der Waals surface area contributed by atoms with E-state index in [0.717, 1.165) is 17.4 Å². The Bertz CT molecular complexity index is 281. The zero-order valence-electron chi connectivity index (χ0n) is 7.76. The molecule has 0 radical (unpaired) electrons. The summed E-state index contributed by atoms with van der Waals surface area (Å²) >= 11 is 3.45. The molecule has 0 aliphatic heterocycles. The molecule has 0 heterocycles. The molecule has 0 saturated carbocycles. The molecule has 1 aromatic rings. The highest BCUT2D eigenvalue weighted by Crippen LogP contribution is 2.12. The van der Waals surface area contributed by atoms with Gasteiger partial charge in [-0.05, 0) is 31.2 Å². The number of nitrogens with one attached hydrogen (secondary N) is 1. The molecule has 13 heavy (non-hydrogen) atoms. The van der Waals surface area contributed by atoms with Crippen LogP contribution in [0.15, 0.2) is 40.9 Å². The number of likely N-dealkylation sites (N-methyl/N-ethyl adjacent to an activating group) is 1. The summed E-state index contributed by atoms with van der Waals surface area (Å²) in [5.74, 6) is 0. The van der Waals surface area contributed by atoms with Gasteiger partial charge in [-0.2, -0.15) is 0 Å². The van der Waals surface area contributed by atoms with Crippen molar-refractivity contribution in [3.63, 3.8) is 0 Å². The molecule has 0 aliphatic rings. The minimum atomic E-state index is 0.938. The van der Waals surface area contributed by atoms with E-state index < -0.39 is 0 Å². The van der Waals surface area contributed by atoms with Crippen molar-refractivity contribution in [2.75, 3.05) is 13.6 Å². The van der Waals surface area contributed by atoms with Crippen molar-refractivity contribution in [1.82, 2.24) is 5.32 Å². The van der Waals surface area contributed by atoms with Gasteiger partial charge in [0.1, 0.15) is 0 Å². The molecular formula is C11H14BrN. The Morgan fingerprint density at radius 1 is 1.38 bits per heavy atom. The summed E-state index contributed by atoms with van der Waals surface area (Å²) in [5.41, 5.74) is 1.33. The zero-order valence-corrected chi connectivity index (χ0v) is 9.34. The van der Waals surface area contributed by atoms with E-state index in [1.165, 1.54) is 5.56 Å². The van der Waals surface area contributed by atoms with Crippen LogP contribution in [0.3, 0.4) is 0 Å². The lowest BCUT2D eigenvalue weighted by Gasteiger charge is -1.96. The maximum atomic E-state index is 3.45. The maximum Gasteiger partial charge on any atom is 0.0178 e. The number of halogens is 1. The molecule has 1 rings (SSSR count). The lowest BCUT2D eigenvalue weighted by molar-refractivity contribution is 0.916. The van der Waals surface area contributed by atoms with Crippen LogP contribution in [0.1, 0.15) is 5.56 Å². The van der Waals surface area contributed by atoms with E-state index in [-0.39, 0.29) is 0 Å². The minimum Gasteiger partial charge on any atom is -0.316 e. The summed E-state index contributed by atoms with van der Waals surface area (Å²) in [6.45, 7) is 0.938. The Morgan fingerprint density at radius 3 is 2.92 bits per heavy atom. The van der Waals surface area contributed by atoms with Crippen molar-refractivity contribution in [3.8, 4) is 0 Å². The van der Waals surface area contributed by atoms with Crippen LogP contribution in [0.4, 0.5) is 0 Å². The van der Waals surface area contributed by atoms with Gasteiger partial charge in [-0.15, -0.1) is 0 Å². The molecule has 2 heteroatoms. The van der Waals surface area contributed by atoms with E-state index in [1.807, 2.05) is 13.1 Å². The summed E-state index contributed by atoms with van der Waals surface area (Å²) in [7, 11) is 1.95. The molecule has 0 amide bonds. The van der Waals surface area contributed by atoms with Gasteiger partial charge in [-0.1, -0.05) is 40.2 Å². The van der Waals surface area contributed by atoms with Gasteiger partial charge in [0.05, 0.1) is 0 Å². The van der Waals surface area contributed by atoms with Crippen molar-refractivity contribution in [1.29, 1.82) is 0 Å². The van der Waals surface area contributed by atoms with Gasteiger partial charge < -0.3 is 5.32 Å². The van der Waals surface area contributed by atoms with Crippen molar-refractivity contribution < 1.29 is 0 Å². The van der Waals surface area contributed by atoms with E-state index >= 15 is 0 Å². The lowest BCUT2D eigenvalue weighted by Crippen LogP contribution is -2.03. The maximum absolute atomic E-state index is 3.45. The predicted octanol–water partition coefficient (Wildman–Crippen LogP) is 2.77. The van der Waals surface area contributed by atoms with Crippen molar-refractivity contribution in [2.24, 2.45) is 0 Å². The number of allylic oxidation sites excluding steroid dienone is 1. The van der Waals surface area contributed by atoms with Crippen molar-refractivity contribution in [2.45, 2.75) is 6.42 Å². The monoisotopic (exact) mass is 239 g/mol. The quantitative estimate of drug-likeness (QED) is 0.798. The van der Waals surface area contributed by atoms with E-state index in [9.17, 15) is 0 Å². The Hall–Kier alpha value is -0.600. The van der Waals surface area contributed by atoms with Crippen LogP contribution in [-0.2, 0) is 6.42 Å². The van der Waals surface area contributed by atoms with E-state index in [2.05, 4.69) is 51.6 Å². The highest BCUT2D eigenvalue weighted by molar-refractivity contribution is 9.10. The summed E-state index contributed by atoms with van der Waals surface area (Å²) in [4.78, 5) is 0. The number of benzene rings is 1.